The van der Waals surface area contributed by atoms with Gasteiger partial charge in [0.25, 0.3) is 11.8 Å². The Balaban J connectivity index is 2.38. The number of nitrogens with zero attached hydrogens (tertiary/aromatic N) is 1. The summed E-state index contributed by atoms with van der Waals surface area (Å²) in [5.74, 6) is -0.673. The van der Waals surface area contributed by atoms with Gasteiger partial charge >= 0.3 is 0 Å². The minimum absolute atomic E-state index is 0.263. The van der Waals surface area contributed by atoms with Gasteiger partial charge in [0.05, 0.1) is 16.1 Å². The third kappa shape index (κ3) is 4.44. The standard InChI is InChI=1S/C21H25ClN2O2/c1-13-10-14(2)12-16(11-13)20(26)24(21(4,5)6)23-19(25)17-9-7-8-15(3)18(17)22/h7-12H,1-6H3,(H,23,25). The van der Waals surface area contributed by atoms with Crippen LogP contribution in [0, 0.1) is 20.8 Å². The highest BCUT2D eigenvalue weighted by Crippen LogP contribution is 2.22. The third-order valence-corrected chi connectivity index (χ3v) is 4.49. The first-order valence-electron chi connectivity index (χ1n) is 8.49. The minimum Gasteiger partial charge on any atom is -0.267 e. The van der Waals surface area contributed by atoms with E-state index in [0.29, 0.717) is 16.1 Å². The highest BCUT2D eigenvalue weighted by molar-refractivity contribution is 6.34. The zero-order valence-electron chi connectivity index (χ0n) is 16.1. The topological polar surface area (TPSA) is 49.4 Å². The first-order chi connectivity index (χ1) is 12.0. The zero-order valence-corrected chi connectivity index (χ0v) is 16.9. The largest absolute Gasteiger partial charge is 0.272 e. The Morgan fingerprint density at radius 3 is 2.12 bits per heavy atom. The van der Waals surface area contributed by atoms with Gasteiger partial charge in [-0.2, -0.15) is 0 Å². The summed E-state index contributed by atoms with van der Waals surface area (Å²) in [6.07, 6.45) is 0. The van der Waals surface area contributed by atoms with E-state index < -0.39 is 11.4 Å². The fourth-order valence-corrected chi connectivity index (χ4v) is 2.95. The molecule has 0 spiro atoms. The van der Waals surface area contributed by atoms with Gasteiger partial charge in [-0.05, 0) is 65.3 Å². The molecule has 5 heteroatoms. The van der Waals surface area contributed by atoms with Gasteiger partial charge in [0.15, 0.2) is 0 Å². The fourth-order valence-electron chi connectivity index (χ4n) is 2.73. The molecule has 0 aliphatic heterocycles. The Hall–Kier alpha value is -2.33. The van der Waals surface area contributed by atoms with Crippen LogP contribution in [0.3, 0.4) is 0 Å². The van der Waals surface area contributed by atoms with E-state index in [1.54, 1.807) is 12.1 Å². The summed E-state index contributed by atoms with van der Waals surface area (Å²) in [7, 11) is 0. The fraction of sp³-hybridized carbons (Fsp3) is 0.333. The summed E-state index contributed by atoms with van der Waals surface area (Å²) in [5.41, 5.74) is 5.80. The van der Waals surface area contributed by atoms with Gasteiger partial charge in [-0.3, -0.25) is 15.0 Å². The Morgan fingerprint density at radius 1 is 1.00 bits per heavy atom. The number of hydrogen-bond acceptors (Lipinski definition) is 2. The lowest BCUT2D eigenvalue weighted by Crippen LogP contribution is -2.56. The number of hydrogen-bond donors (Lipinski definition) is 1. The van der Waals surface area contributed by atoms with Crippen molar-refractivity contribution in [3.05, 3.63) is 69.2 Å². The van der Waals surface area contributed by atoms with Crippen LogP contribution in [0.25, 0.3) is 0 Å². The van der Waals surface area contributed by atoms with E-state index in [1.807, 2.05) is 65.8 Å². The van der Waals surface area contributed by atoms with Crippen LogP contribution in [0.4, 0.5) is 0 Å². The average molecular weight is 373 g/mol. The molecule has 2 aromatic rings. The molecule has 4 nitrogen and oxygen atoms in total. The zero-order chi connectivity index (χ0) is 19.6. The van der Waals surface area contributed by atoms with Crippen molar-refractivity contribution in [2.45, 2.75) is 47.1 Å². The normalized spacial score (nSPS) is 11.2. The Morgan fingerprint density at radius 2 is 1.58 bits per heavy atom. The molecule has 0 saturated carbocycles. The molecule has 0 aliphatic carbocycles. The molecule has 0 radical (unpaired) electrons. The van der Waals surface area contributed by atoms with E-state index in [-0.39, 0.29) is 5.91 Å². The first-order valence-corrected chi connectivity index (χ1v) is 8.87. The van der Waals surface area contributed by atoms with Crippen molar-refractivity contribution in [1.29, 1.82) is 0 Å². The van der Waals surface area contributed by atoms with Crippen molar-refractivity contribution in [3.63, 3.8) is 0 Å². The summed E-state index contributed by atoms with van der Waals surface area (Å²) in [4.78, 5) is 25.8. The van der Waals surface area contributed by atoms with Crippen LogP contribution < -0.4 is 5.43 Å². The smallest absolute Gasteiger partial charge is 0.267 e. The molecule has 0 unspecified atom stereocenters. The molecule has 26 heavy (non-hydrogen) atoms. The van der Waals surface area contributed by atoms with E-state index in [2.05, 4.69) is 5.43 Å². The quantitative estimate of drug-likeness (QED) is 0.766. The van der Waals surface area contributed by atoms with E-state index in [1.165, 1.54) is 5.01 Å². The van der Waals surface area contributed by atoms with Gasteiger partial charge in [0.1, 0.15) is 0 Å². The molecule has 2 amide bonds. The van der Waals surface area contributed by atoms with Crippen molar-refractivity contribution < 1.29 is 9.59 Å². The van der Waals surface area contributed by atoms with Crippen LogP contribution in [0.5, 0.6) is 0 Å². The van der Waals surface area contributed by atoms with Crippen LogP contribution in [0.1, 0.15) is 58.2 Å². The Kier molecular flexibility index (Phi) is 5.77. The number of halogens is 1. The molecule has 2 aromatic carbocycles. The monoisotopic (exact) mass is 372 g/mol. The van der Waals surface area contributed by atoms with Gasteiger partial charge < -0.3 is 0 Å². The molecule has 0 heterocycles. The molecule has 0 bridgehead atoms. The van der Waals surface area contributed by atoms with Crippen molar-refractivity contribution in [3.8, 4) is 0 Å². The number of rotatable bonds is 2. The number of amides is 2. The summed E-state index contributed by atoms with van der Waals surface area (Å²) in [6, 6.07) is 10.9. The summed E-state index contributed by atoms with van der Waals surface area (Å²) < 4.78 is 0. The minimum atomic E-state index is -0.610. The van der Waals surface area contributed by atoms with E-state index in [9.17, 15) is 9.59 Å². The molecule has 0 saturated heterocycles. The Labute approximate surface area is 160 Å². The predicted octanol–water partition coefficient (Wildman–Crippen LogP) is 4.85. The molecule has 0 fully saturated rings. The number of aryl methyl sites for hydroxylation is 3. The number of hydrazine groups is 1. The van der Waals surface area contributed by atoms with Crippen LogP contribution >= 0.6 is 11.6 Å². The van der Waals surface area contributed by atoms with Crippen molar-refractivity contribution in [2.24, 2.45) is 0 Å². The molecule has 1 N–H and O–H groups in total. The maximum Gasteiger partial charge on any atom is 0.272 e. The van der Waals surface area contributed by atoms with Gasteiger partial charge in [-0.25, -0.2) is 5.01 Å². The molecule has 0 aromatic heterocycles. The lowest BCUT2D eigenvalue weighted by molar-refractivity contribution is 0.0358. The van der Waals surface area contributed by atoms with Crippen LogP contribution in [-0.4, -0.2) is 22.4 Å². The number of carbonyl (C=O) groups is 2. The van der Waals surface area contributed by atoms with Gasteiger partial charge in [0, 0.05) is 5.56 Å². The van der Waals surface area contributed by atoms with Gasteiger partial charge in [-0.15, -0.1) is 0 Å². The van der Waals surface area contributed by atoms with E-state index in [0.717, 1.165) is 16.7 Å². The Bertz CT molecular complexity index is 833. The number of nitrogens with one attached hydrogen (secondary N) is 1. The van der Waals surface area contributed by atoms with Crippen molar-refractivity contribution >= 4 is 23.4 Å². The predicted molar refractivity (Wildman–Crippen MR) is 105 cm³/mol. The van der Waals surface area contributed by atoms with E-state index in [4.69, 9.17) is 11.6 Å². The maximum atomic E-state index is 13.1. The summed E-state index contributed by atoms with van der Waals surface area (Å²) in [6.45, 7) is 11.3. The van der Waals surface area contributed by atoms with Crippen LogP contribution in [0.15, 0.2) is 36.4 Å². The highest BCUT2D eigenvalue weighted by Gasteiger charge is 2.30. The van der Waals surface area contributed by atoms with Gasteiger partial charge in [-0.1, -0.05) is 40.9 Å². The lowest BCUT2D eigenvalue weighted by Gasteiger charge is -2.35. The molecule has 0 atom stereocenters. The number of benzene rings is 2. The van der Waals surface area contributed by atoms with Crippen LogP contribution in [-0.2, 0) is 0 Å². The summed E-state index contributed by atoms with van der Waals surface area (Å²) >= 11 is 6.26. The van der Waals surface area contributed by atoms with E-state index >= 15 is 0 Å². The van der Waals surface area contributed by atoms with Crippen molar-refractivity contribution in [1.82, 2.24) is 10.4 Å². The molecular formula is C21H25ClN2O2. The molecule has 0 aliphatic rings. The molecule has 2 rings (SSSR count). The molecular weight excluding hydrogens is 348 g/mol. The molecule has 138 valence electrons. The summed E-state index contributed by atoms with van der Waals surface area (Å²) in [5, 5.41) is 1.75. The van der Waals surface area contributed by atoms with Crippen molar-refractivity contribution in [2.75, 3.05) is 0 Å². The second kappa shape index (κ2) is 7.50. The average Bonchev–Trinajstić information content (AvgIpc) is 2.52. The van der Waals surface area contributed by atoms with Crippen LogP contribution in [0.2, 0.25) is 5.02 Å². The number of carbonyl (C=O) groups excluding carboxylic acids is 2. The second-order valence-electron chi connectivity index (χ2n) is 7.57. The third-order valence-electron chi connectivity index (χ3n) is 3.99. The SMILES string of the molecule is Cc1cc(C)cc(C(=O)N(NC(=O)c2cccc(C)c2Cl)C(C)(C)C)c1. The lowest BCUT2D eigenvalue weighted by atomic mass is 10.0. The first kappa shape index (κ1) is 20.0. The van der Waals surface area contributed by atoms with Gasteiger partial charge in [0.2, 0.25) is 0 Å². The maximum absolute atomic E-state index is 13.1. The highest BCUT2D eigenvalue weighted by atomic mass is 35.5. The second-order valence-corrected chi connectivity index (χ2v) is 7.94.